The molecule has 0 N–H and O–H groups in total. The Bertz CT molecular complexity index is 873. The van der Waals surface area contributed by atoms with Crippen molar-refractivity contribution in [1.29, 1.82) is 5.26 Å². The molecule has 2 aliphatic rings. The van der Waals surface area contributed by atoms with E-state index in [1.807, 2.05) is 21.9 Å². The van der Waals surface area contributed by atoms with E-state index in [1.165, 1.54) is 0 Å². The Kier molecular flexibility index (Phi) is 4.13. The number of amides is 2. The fraction of sp³-hybridized carbons (Fsp3) is 0.300. The van der Waals surface area contributed by atoms with Crippen LogP contribution in [-0.2, 0) is 11.3 Å². The van der Waals surface area contributed by atoms with Gasteiger partial charge in [0.2, 0.25) is 5.91 Å². The highest BCUT2D eigenvalue weighted by atomic mass is 16.2. The van der Waals surface area contributed by atoms with Crippen molar-refractivity contribution in [2.45, 2.75) is 31.5 Å². The van der Waals surface area contributed by atoms with Gasteiger partial charge >= 0.3 is 0 Å². The fourth-order valence-electron chi connectivity index (χ4n) is 3.92. The number of carbonyl (C=O) groups excluding carboxylic acids is 2. The molecule has 6 heteroatoms. The normalized spacial score (nSPS) is 21.6. The largest absolute Gasteiger partial charge is 0.333 e. The molecule has 6 nitrogen and oxygen atoms in total. The molecule has 2 atom stereocenters. The first kappa shape index (κ1) is 16.3. The van der Waals surface area contributed by atoms with Gasteiger partial charge in [0.05, 0.1) is 23.7 Å². The molecule has 0 aliphatic carbocycles. The van der Waals surface area contributed by atoms with E-state index in [4.69, 9.17) is 5.26 Å². The molecule has 2 saturated heterocycles. The number of benzene rings is 1. The smallest absolute Gasteiger partial charge is 0.254 e. The Morgan fingerprint density at radius 1 is 1.15 bits per heavy atom. The van der Waals surface area contributed by atoms with Crippen LogP contribution in [0.4, 0.5) is 0 Å². The number of fused-ring (bicyclic) bond motifs is 1. The van der Waals surface area contributed by atoms with Crippen molar-refractivity contribution in [3.63, 3.8) is 0 Å². The monoisotopic (exact) mass is 346 g/mol. The van der Waals surface area contributed by atoms with Crippen LogP contribution < -0.4 is 0 Å². The maximum atomic E-state index is 12.9. The van der Waals surface area contributed by atoms with Gasteiger partial charge in [0.25, 0.3) is 5.91 Å². The predicted octanol–water partition coefficient (Wildman–Crippen LogP) is 1.97. The molecule has 26 heavy (non-hydrogen) atoms. The molecular weight excluding hydrogens is 328 g/mol. The van der Waals surface area contributed by atoms with Crippen LogP contribution in [0.25, 0.3) is 0 Å². The molecule has 0 spiro atoms. The van der Waals surface area contributed by atoms with E-state index in [-0.39, 0.29) is 23.9 Å². The van der Waals surface area contributed by atoms with Gasteiger partial charge in [-0.3, -0.25) is 14.6 Å². The highest BCUT2D eigenvalue weighted by Gasteiger charge is 2.48. The van der Waals surface area contributed by atoms with E-state index in [0.717, 1.165) is 12.0 Å². The highest BCUT2D eigenvalue weighted by Crippen LogP contribution is 2.34. The molecular formula is C20H18N4O2. The van der Waals surface area contributed by atoms with Crippen LogP contribution in [0.3, 0.4) is 0 Å². The van der Waals surface area contributed by atoms with Crippen molar-refractivity contribution in [3.8, 4) is 6.07 Å². The van der Waals surface area contributed by atoms with E-state index in [9.17, 15) is 9.59 Å². The average molecular weight is 346 g/mol. The van der Waals surface area contributed by atoms with Gasteiger partial charge in [0, 0.05) is 37.5 Å². The van der Waals surface area contributed by atoms with Crippen LogP contribution in [0.2, 0.25) is 0 Å². The number of hydrogen-bond donors (Lipinski definition) is 0. The summed E-state index contributed by atoms with van der Waals surface area (Å²) in [6.07, 6.45) is 4.62. The van der Waals surface area contributed by atoms with Crippen LogP contribution in [0.5, 0.6) is 0 Å². The summed E-state index contributed by atoms with van der Waals surface area (Å²) in [6, 6.07) is 12.5. The molecule has 3 heterocycles. The molecule has 2 aromatic rings. The average Bonchev–Trinajstić information content (AvgIpc) is 3.22. The molecule has 4 rings (SSSR count). The zero-order valence-corrected chi connectivity index (χ0v) is 14.2. The van der Waals surface area contributed by atoms with Crippen LogP contribution in [0.15, 0.2) is 48.8 Å². The van der Waals surface area contributed by atoms with Gasteiger partial charge in [0.15, 0.2) is 0 Å². The second-order valence-corrected chi connectivity index (χ2v) is 6.69. The molecule has 2 unspecified atom stereocenters. The lowest BCUT2D eigenvalue weighted by Gasteiger charge is -2.25. The maximum absolute atomic E-state index is 12.9. The Hall–Kier alpha value is -3.20. The number of nitrogens with zero attached hydrogens (tertiary/aromatic N) is 4. The predicted molar refractivity (Wildman–Crippen MR) is 93.8 cm³/mol. The summed E-state index contributed by atoms with van der Waals surface area (Å²) in [5, 5.41) is 8.89. The Balaban J connectivity index is 1.51. The van der Waals surface area contributed by atoms with Gasteiger partial charge in [-0.05, 0) is 48.4 Å². The zero-order valence-electron chi connectivity index (χ0n) is 14.2. The Morgan fingerprint density at radius 3 is 2.58 bits per heavy atom. The summed E-state index contributed by atoms with van der Waals surface area (Å²) in [5.74, 6) is 0.0229. The first-order valence-corrected chi connectivity index (χ1v) is 8.67. The van der Waals surface area contributed by atoms with Crippen LogP contribution in [0, 0.1) is 11.3 Å². The molecule has 2 amide bonds. The van der Waals surface area contributed by atoms with Gasteiger partial charge in [-0.2, -0.15) is 5.26 Å². The van der Waals surface area contributed by atoms with E-state index >= 15 is 0 Å². The Morgan fingerprint density at radius 2 is 1.88 bits per heavy atom. The molecule has 2 fully saturated rings. The number of nitriles is 1. The summed E-state index contributed by atoms with van der Waals surface area (Å²) in [4.78, 5) is 33.1. The standard InChI is InChI=1S/C20H18N4O2/c21-12-14-1-3-16(4-2-14)20(26)23-10-7-17-18(23)11-19(25)24(17)13-15-5-8-22-9-6-15/h1-6,8-9,17-18H,7,10-11,13H2. The van der Waals surface area contributed by atoms with Crippen molar-refractivity contribution in [3.05, 3.63) is 65.5 Å². The van der Waals surface area contributed by atoms with Crippen molar-refractivity contribution in [1.82, 2.24) is 14.8 Å². The second kappa shape index (κ2) is 6.60. The molecule has 0 saturated carbocycles. The minimum atomic E-state index is -0.0764. The number of hydrogen-bond acceptors (Lipinski definition) is 4. The van der Waals surface area contributed by atoms with Gasteiger partial charge in [-0.25, -0.2) is 0 Å². The number of carbonyl (C=O) groups is 2. The van der Waals surface area contributed by atoms with Gasteiger partial charge in [-0.15, -0.1) is 0 Å². The van der Waals surface area contributed by atoms with E-state index in [0.29, 0.717) is 30.6 Å². The fourth-order valence-corrected chi connectivity index (χ4v) is 3.92. The first-order valence-electron chi connectivity index (χ1n) is 8.67. The van der Waals surface area contributed by atoms with E-state index < -0.39 is 0 Å². The van der Waals surface area contributed by atoms with Crippen molar-refractivity contribution in [2.75, 3.05) is 6.54 Å². The summed E-state index contributed by atoms with van der Waals surface area (Å²) < 4.78 is 0. The molecule has 1 aromatic heterocycles. The van der Waals surface area contributed by atoms with Gasteiger partial charge < -0.3 is 9.80 Å². The topological polar surface area (TPSA) is 77.3 Å². The third-order valence-electron chi connectivity index (χ3n) is 5.24. The summed E-state index contributed by atoms with van der Waals surface area (Å²) in [6.45, 7) is 1.20. The lowest BCUT2D eigenvalue weighted by molar-refractivity contribution is -0.129. The van der Waals surface area contributed by atoms with E-state index in [1.54, 1.807) is 36.7 Å². The molecule has 130 valence electrons. The van der Waals surface area contributed by atoms with Crippen LogP contribution in [0.1, 0.15) is 34.3 Å². The number of rotatable bonds is 3. The van der Waals surface area contributed by atoms with Gasteiger partial charge in [-0.1, -0.05) is 0 Å². The van der Waals surface area contributed by atoms with Crippen LogP contribution in [-0.4, -0.2) is 45.2 Å². The number of likely N-dealkylation sites (tertiary alicyclic amines) is 2. The summed E-state index contributed by atoms with van der Waals surface area (Å²) >= 11 is 0. The van der Waals surface area contributed by atoms with Crippen LogP contribution >= 0.6 is 0 Å². The van der Waals surface area contributed by atoms with Crippen molar-refractivity contribution in [2.24, 2.45) is 0 Å². The third kappa shape index (κ3) is 2.82. The number of pyridine rings is 1. The zero-order chi connectivity index (χ0) is 18.1. The SMILES string of the molecule is N#Cc1ccc(C(=O)N2CCC3C2CC(=O)N3Cc2ccncc2)cc1. The lowest BCUT2D eigenvalue weighted by atomic mass is 10.1. The molecule has 0 radical (unpaired) electrons. The summed E-state index contributed by atoms with van der Waals surface area (Å²) in [5.41, 5.74) is 2.14. The van der Waals surface area contributed by atoms with Gasteiger partial charge in [0.1, 0.15) is 0 Å². The number of aromatic nitrogens is 1. The molecule has 0 bridgehead atoms. The summed E-state index contributed by atoms with van der Waals surface area (Å²) in [7, 11) is 0. The van der Waals surface area contributed by atoms with Crippen molar-refractivity contribution >= 4 is 11.8 Å². The quantitative estimate of drug-likeness (QED) is 0.851. The minimum Gasteiger partial charge on any atom is -0.333 e. The molecule has 1 aromatic carbocycles. The minimum absolute atomic E-state index is 0.0676. The highest BCUT2D eigenvalue weighted by molar-refractivity contribution is 5.95. The van der Waals surface area contributed by atoms with E-state index in [2.05, 4.69) is 11.1 Å². The third-order valence-corrected chi connectivity index (χ3v) is 5.24. The Labute approximate surface area is 151 Å². The first-order chi connectivity index (χ1) is 12.7. The van der Waals surface area contributed by atoms with Crippen molar-refractivity contribution < 1.29 is 9.59 Å². The molecule has 2 aliphatic heterocycles. The second-order valence-electron chi connectivity index (χ2n) is 6.69. The lowest BCUT2D eigenvalue weighted by Crippen LogP contribution is -2.39. The maximum Gasteiger partial charge on any atom is 0.254 e.